The molecular formula is C22H44N2. The molecule has 0 aromatic carbocycles. The van der Waals surface area contributed by atoms with Gasteiger partial charge in [-0.15, -0.1) is 0 Å². The third-order valence-corrected chi connectivity index (χ3v) is 6.53. The van der Waals surface area contributed by atoms with Crippen LogP contribution in [0, 0.1) is 23.7 Å². The van der Waals surface area contributed by atoms with Crippen LogP contribution < -0.4 is 0 Å². The average Bonchev–Trinajstić information content (AvgIpc) is 2.52. The van der Waals surface area contributed by atoms with E-state index in [1.165, 1.54) is 64.7 Å². The lowest BCUT2D eigenvalue weighted by atomic mass is 9.78. The van der Waals surface area contributed by atoms with Crippen LogP contribution in [0.5, 0.6) is 0 Å². The summed E-state index contributed by atoms with van der Waals surface area (Å²) < 4.78 is 0. The standard InChI is InChI=1S/C22H44N2/c1-17(2)11-12-23-13-14-24(22(16-23)15-18(3)4)21-9-7-20(8-10-21)19(5)6/h17-22H,7-16H2,1-6H3/t20?,21?,22-/m1/s1. The molecule has 2 nitrogen and oxygen atoms in total. The molecule has 0 amide bonds. The van der Waals surface area contributed by atoms with E-state index in [2.05, 4.69) is 51.3 Å². The van der Waals surface area contributed by atoms with E-state index in [0.29, 0.717) is 0 Å². The summed E-state index contributed by atoms with van der Waals surface area (Å²) in [6.45, 7) is 19.6. The summed E-state index contributed by atoms with van der Waals surface area (Å²) in [5, 5.41) is 0. The molecule has 1 heterocycles. The maximum atomic E-state index is 2.93. The van der Waals surface area contributed by atoms with Crippen molar-refractivity contribution in [3.05, 3.63) is 0 Å². The van der Waals surface area contributed by atoms with Gasteiger partial charge >= 0.3 is 0 Å². The molecule has 2 rings (SSSR count). The van der Waals surface area contributed by atoms with Gasteiger partial charge in [0.25, 0.3) is 0 Å². The number of hydrogen-bond acceptors (Lipinski definition) is 2. The molecule has 1 aliphatic carbocycles. The average molecular weight is 337 g/mol. The lowest BCUT2D eigenvalue weighted by Gasteiger charge is -2.48. The normalized spacial score (nSPS) is 30.6. The first-order chi connectivity index (χ1) is 11.4. The molecule has 0 spiro atoms. The molecule has 1 saturated carbocycles. The molecule has 2 aliphatic rings. The topological polar surface area (TPSA) is 6.48 Å². The molecule has 0 unspecified atom stereocenters. The first-order valence-corrected chi connectivity index (χ1v) is 10.8. The first kappa shape index (κ1) is 20.2. The van der Waals surface area contributed by atoms with Crippen LogP contribution in [0.1, 0.15) is 80.1 Å². The highest BCUT2D eigenvalue weighted by Gasteiger charge is 2.34. The van der Waals surface area contributed by atoms with Crippen molar-refractivity contribution >= 4 is 0 Å². The maximum absolute atomic E-state index is 2.93. The van der Waals surface area contributed by atoms with Gasteiger partial charge < -0.3 is 4.90 Å². The van der Waals surface area contributed by atoms with Crippen molar-refractivity contribution in [2.24, 2.45) is 23.7 Å². The van der Waals surface area contributed by atoms with Crippen LogP contribution in [-0.4, -0.2) is 48.1 Å². The predicted octanol–water partition coefficient (Wildman–Crippen LogP) is 5.28. The van der Waals surface area contributed by atoms with Crippen LogP contribution in [0.2, 0.25) is 0 Å². The van der Waals surface area contributed by atoms with Gasteiger partial charge in [0.2, 0.25) is 0 Å². The third kappa shape index (κ3) is 6.02. The van der Waals surface area contributed by atoms with Crippen molar-refractivity contribution < 1.29 is 0 Å². The van der Waals surface area contributed by atoms with Crippen LogP contribution in [0.25, 0.3) is 0 Å². The van der Waals surface area contributed by atoms with Gasteiger partial charge in [-0.05, 0) is 68.7 Å². The Morgan fingerprint density at radius 2 is 1.50 bits per heavy atom. The van der Waals surface area contributed by atoms with E-state index < -0.39 is 0 Å². The van der Waals surface area contributed by atoms with Crippen LogP contribution in [0.4, 0.5) is 0 Å². The monoisotopic (exact) mass is 336 g/mol. The smallest absolute Gasteiger partial charge is 0.0229 e. The SMILES string of the molecule is CC(C)CCN1CCN(C2CCC(C(C)C)CC2)[C@H](CC(C)C)C1. The van der Waals surface area contributed by atoms with Crippen molar-refractivity contribution in [3.8, 4) is 0 Å². The van der Waals surface area contributed by atoms with Gasteiger partial charge in [0, 0.05) is 31.7 Å². The highest BCUT2D eigenvalue weighted by molar-refractivity contribution is 4.90. The van der Waals surface area contributed by atoms with E-state index in [1.807, 2.05) is 0 Å². The van der Waals surface area contributed by atoms with Crippen molar-refractivity contribution in [1.82, 2.24) is 9.80 Å². The molecule has 24 heavy (non-hydrogen) atoms. The quantitative estimate of drug-likeness (QED) is 0.624. The molecular weight excluding hydrogens is 292 g/mol. The fourth-order valence-electron chi connectivity index (χ4n) is 4.91. The molecule has 0 aromatic rings. The van der Waals surface area contributed by atoms with Gasteiger partial charge in [0.05, 0.1) is 0 Å². The summed E-state index contributed by atoms with van der Waals surface area (Å²) >= 11 is 0. The van der Waals surface area contributed by atoms with Gasteiger partial charge in [-0.3, -0.25) is 4.90 Å². The third-order valence-electron chi connectivity index (χ3n) is 6.53. The van der Waals surface area contributed by atoms with Crippen molar-refractivity contribution in [1.29, 1.82) is 0 Å². The maximum Gasteiger partial charge on any atom is 0.0229 e. The molecule has 0 aromatic heterocycles. The van der Waals surface area contributed by atoms with E-state index in [9.17, 15) is 0 Å². The highest BCUT2D eigenvalue weighted by Crippen LogP contribution is 2.34. The zero-order valence-corrected chi connectivity index (χ0v) is 17.4. The van der Waals surface area contributed by atoms with Crippen molar-refractivity contribution in [3.63, 3.8) is 0 Å². The Labute approximate surface area is 152 Å². The summed E-state index contributed by atoms with van der Waals surface area (Å²) in [6.07, 6.45) is 8.55. The Hall–Kier alpha value is -0.0800. The number of rotatable bonds is 7. The van der Waals surface area contributed by atoms with Crippen LogP contribution in [-0.2, 0) is 0 Å². The van der Waals surface area contributed by atoms with Crippen LogP contribution in [0.3, 0.4) is 0 Å². The Morgan fingerprint density at radius 3 is 2.04 bits per heavy atom. The Balaban J connectivity index is 1.91. The lowest BCUT2D eigenvalue weighted by Crippen LogP contribution is -2.57. The van der Waals surface area contributed by atoms with E-state index >= 15 is 0 Å². The first-order valence-electron chi connectivity index (χ1n) is 10.8. The van der Waals surface area contributed by atoms with Crippen LogP contribution in [0.15, 0.2) is 0 Å². The van der Waals surface area contributed by atoms with Gasteiger partial charge in [-0.25, -0.2) is 0 Å². The summed E-state index contributed by atoms with van der Waals surface area (Å²) in [5.41, 5.74) is 0. The number of piperazine rings is 1. The fraction of sp³-hybridized carbons (Fsp3) is 1.00. The molecule has 2 heteroatoms. The summed E-state index contributed by atoms with van der Waals surface area (Å²) in [4.78, 5) is 5.69. The molecule has 1 aliphatic heterocycles. The Morgan fingerprint density at radius 1 is 0.833 bits per heavy atom. The summed E-state index contributed by atoms with van der Waals surface area (Å²) in [7, 11) is 0. The molecule has 1 atom stereocenters. The van der Waals surface area contributed by atoms with E-state index in [0.717, 1.165) is 35.8 Å². The van der Waals surface area contributed by atoms with Crippen molar-refractivity contribution in [2.75, 3.05) is 26.2 Å². The zero-order chi connectivity index (χ0) is 17.7. The molecule has 0 N–H and O–H groups in total. The lowest BCUT2D eigenvalue weighted by molar-refractivity contribution is 0.00914. The Bertz CT molecular complexity index is 342. The van der Waals surface area contributed by atoms with Gasteiger partial charge in [-0.2, -0.15) is 0 Å². The largest absolute Gasteiger partial charge is 0.301 e. The minimum atomic E-state index is 0.798. The second-order valence-electron chi connectivity index (χ2n) is 9.82. The highest BCUT2D eigenvalue weighted by atomic mass is 15.3. The molecule has 2 fully saturated rings. The molecule has 1 saturated heterocycles. The second kappa shape index (κ2) is 9.57. The molecule has 0 radical (unpaired) electrons. The number of nitrogens with zero attached hydrogens (tertiary/aromatic N) is 2. The van der Waals surface area contributed by atoms with E-state index in [1.54, 1.807) is 0 Å². The molecule has 0 bridgehead atoms. The van der Waals surface area contributed by atoms with Crippen LogP contribution >= 0.6 is 0 Å². The summed E-state index contributed by atoms with van der Waals surface area (Å²) in [6, 6.07) is 1.67. The Kier molecular flexibility index (Phi) is 8.07. The van der Waals surface area contributed by atoms with E-state index in [4.69, 9.17) is 0 Å². The van der Waals surface area contributed by atoms with Gasteiger partial charge in [0.1, 0.15) is 0 Å². The minimum Gasteiger partial charge on any atom is -0.301 e. The fourth-order valence-corrected chi connectivity index (χ4v) is 4.91. The van der Waals surface area contributed by atoms with E-state index in [-0.39, 0.29) is 0 Å². The van der Waals surface area contributed by atoms with Gasteiger partial charge in [0.15, 0.2) is 0 Å². The number of hydrogen-bond donors (Lipinski definition) is 0. The van der Waals surface area contributed by atoms with Gasteiger partial charge in [-0.1, -0.05) is 41.5 Å². The minimum absolute atomic E-state index is 0.798. The van der Waals surface area contributed by atoms with Crippen molar-refractivity contribution in [2.45, 2.75) is 92.2 Å². The predicted molar refractivity (Wildman–Crippen MR) is 106 cm³/mol. The zero-order valence-electron chi connectivity index (χ0n) is 17.4. The second-order valence-corrected chi connectivity index (χ2v) is 9.82. The molecule has 142 valence electrons. The summed E-state index contributed by atoms with van der Waals surface area (Å²) in [5.74, 6) is 3.51.